The average molecular weight is 316 g/mol. The van der Waals surface area contributed by atoms with Crippen molar-refractivity contribution in [2.75, 3.05) is 0 Å². The molecule has 2 aromatic rings. The number of carbonyl (C=O) groups is 1. The molecule has 0 spiro atoms. The first-order chi connectivity index (χ1) is 8.47. The van der Waals surface area contributed by atoms with E-state index in [0.717, 1.165) is 18.2 Å². The number of aryl methyl sites for hydroxylation is 1. The predicted molar refractivity (Wildman–Crippen MR) is 63.1 cm³/mol. The number of hydrogen-bond acceptors (Lipinski definition) is 3. The minimum Gasteiger partial charge on any atom is -0.292 e. The molecule has 1 aromatic heterocycles. The lowest BCUT2D eigenvalue weighted by atomic mass is 10.1. The summed E-state index contributed by atoms with van der Waals surface area (Å²) in [4.78, 5) is 12.0. The molecule has 4 nitrogen and oxygen atoms in total. The van der Waals surface area contributed by atoms with Crippen LogP contribution in [-0.4, -0.2) is 20.8 Å². The maximum absolute atomic E-state index is 13.0. The van der Waals surface area contributed by atoms with E-state index < -0.39 is 11.6 Å². The fourth-order valence-electron chi connectivity index (χ4n) is 1.61. The van der Waals surface area contributed by atoms with Gasteiger partial charge >= 0.3 is 0 Å². The zero-order chi connectivity index (χ0) is 13.3. The molecule has 0 radical (unpaired) electrons. The van der Waals surface area contributed by atoms with Crippen molar-refractivity contribution in [3.8, 4) is 0 Å². The fraction of sp³-hybridized carbons (Fsp3) is 0.182. The Morgan fingerprint density at radius 1 is 1.33 bits per heavy atom. The van der Waals surface area contributed by atoms with Crippen LogP contribution in [-0.2, 0) is 13.5 Å². The largest absolute Gasteiger partial charge is 0.292 e. The third-order valence-electron chi connectivity index (χ3n) is 2.34. The second-order valence-electron chi connectivity index (χ2n) is 3.73. The van der Waals surface area contributed by atoms with E-state index in [4.69, 9.17) is 0 Å². The maximum Gasteiger partial charge on any atom is 0.188 e. The van der Waals surface area contributed by atoms with Crippen LogP contribution in [0.4, 0.5) is 8.78 Å². The van der Waals surface area contributed by atoms with Crippen LogP contribution in [0.3, 0.4) is 0 Å². The quantitative estimate of drug-likeness (QED) is 0.816. The monoisotopic (exact) mass is 315 g/mol. The molecule has 0 aliphatic carbocycles. The van der Waals surface area contributed by atoms with Crippen molar-refractivity contribution in [3.63, 3.8) is 0 Å². The average Bonchev–Trinajstić information content (AvgIpc) is 2.56. The summed E-state index contributed by atoms with van der Waals surface area (Å²) in [6, 6.07) is 3.01. The Kier molecular flexibility index (Phi) is 3.51. The number of ketones is 1. The van der Waals surface area contributed by atoms with Gasteiger partial charge < -0.3 is 0 Å². The van der Waals surface area contributed by atoms with Crippen molar-refractivity contribution >= 4 is 21.7 Å². The zero-order valence-electron chi connectivity index (χ0n) is 9.32. The van der Waals surface area contributed by atoms with Crippen LogP contribution in [0.5, 0.6) is 0 Å². The molecule has 0 saturated heterocycles. The highest BCUT2D eigenvalue weighted by atomic mass is 79.9. The molecule has 0 N–H and O–H groups in total. The summed E-state index contributed by atoms with van der Waals surface area (Å²) in [7, 11) is 1.57. The Hall–Kier alpha value is -1.63. The van der Waals surface area contributed by atoms with Crippen LogP contribution < -0.4 is 0 Å². The molecule has 2 rings (SSSR count). The van der Waals surface area contributed by atoms with Crippen LogP contribution in [0.15, 0.2) is 22.8 Å². The number of halogens is 3. The van der Waals surface area contributed by atoms with E-state index in [1.165, 1.54) is 4.68 Å². The molecular formula is C11H8BrF2N3O. The minimum absolute atomic E-state index is 0.117. The van der Waals surface area contributed by atoms with Gasteiger partial charge in [0.05, 0.1) is 0 Å². The van der Waals surface area contributed by atoms with Crippen molar-refractivity contribution in [1.82, 2.24) is 15.0 Å². The number of aromatic nitrogens is 3. The number of carbonyl (C=O) groups excluding carboxylic acids is 1. The number of rotatable bonds is 3. The van der Waals surface area contributed by atoms with Crippen LogP contribution >= 0.6 is 15.9 Å². The summed E-state index contributed by atoms with van der Waals surface area (Å²) in [6.07, 6.45) is -0.117. The predicted octanol–water partition coefficient (Wildman–Crippen LogP) is 2.28. The summed E-state index contributed by atoms with van der Waals surface area (Å²) in [5, 5.41) is 7.34. The Morgan fingerprint density at radius 3 is 2.44 bits per heavy atom. The van der Waals surface area contributed by atoms with Gasteiger partial charge in [-0.25, -0.2) is 13.5 Å². The Labute approximate surface area is 110 Å². The van der Waals surface area contributed by atoms with Gasteiger partial charge in [-0.15, -0.1) is 5.10 Å². The SMILES string of the molecule is Cn1nnc(Br)c1C(=O)Cc1cc(F)cc(F)c1. The molecule has 0 amide bonds. The van der Waals surface area contributed by atoms with E-state index in [1.807, 2.05) is 0 Å². The molecule has 0 aliphatic heterocycles. The van der Waals surface area contributed by atoms with Crippen LogP contribution in [0, 0.1) is 11.6 Å². The third kappa shape index (κ3) is 2.61. The first kappa shape index (κ1) is 12.8. The smallest absolute Gasteiger partial charge is 0.188 e. The second-order valence-corrected chi connectivity index (χ2v) is 4.48. The van der Waals surface area contributed by atoms with Crippen LogP contribution in [0.25, 0.3) is 0 Å². The van der Waals surface area contributed by atoms with Gasteiger partial charge in [-0.2, -0.15) is 0 Å². The molecule has 0 atom stereocenters. The lowest BCUT2D eigenvalue weighted by Crippen LogP contribution is -2.10. The standard InChI is InChI=1S/C11H8BrF2N3O/c1-17-10(11(12)15-16-17)9(18)4-6-2-7(13)5-8(14)3-6/h2-3,5H,4H2,1H3. The van der Waals surface area contributed by atoms with Gasteiger partial charge in [0.1, 0.15) is 17.3 Å². The topological polar surface area (TPSA) is 47.8 Å². The first-order valence-electron chi connectivity index (χ1n) is 5.00. The molecule has 0 bridgehead atoms. The normalized spacial score (nSPS) is 10.7. The first-order valence-corrected chi connectivity index (χ1v) is 5.80. The van der Waals surface area contributed by atoms with E-state index in [-0.39, 0.29) is 23.5 Å². The van der Waals surface area contributed by atoms with Crippen molar-refractivity contribution < 1.29 is 13.6 Å². The molecule has 0 fully saturated rings. The number of hydrogen-bond donors (Lipinski definition) is 0. The zero-order valence-corrected chi connectivity index (χ0v) is 10.9. The highest BCUT2D eigenvalue weighted by Crippen LogP contribution is 2.16. The van der Waals surface area contributed by atoms with Crippen molar-refractivity contribution in [3.05, 3.63) is 45.7 Å². The molecule has 18 heavy (non-hydrogen) atoms. The second kappa shape index (κ2) is 4.93. The Morgan fingerprint density at radius 2 is 1.94 bits per heavy atom. The fourth-order valence-corrected chi connectivity index (χ4v) is 2.16. The maximum atomic E-state index is 13.0. The lowest BCUT2D eigenvalue weighted by molar-refractivity contribution is 0.0983. The molecule has 0 aliphatic rings. The Balaban J connectivity index is 2.27. The van der Waals surface area contributed by atoms with Crippen molar-refractivity contribution in [2.24, 2.45) is 7.05 Å². The van der Waals surface area contributed by atoms with Gasteiger partial charge in [0.25, 0.3) is 0 Å². The molecule has 7 heteroatoms. The number of benzene rings is 1. The molecule has 0 saturated carbocycles. The summed E-state index contributed by atoms with van der Waals surface area (Å²) in [5.74, 6) is -1.74. The summed E-state index contributed by atoms with van der Waals surface area (Å²) < 4.78 is 27.6. The van der Waals surface area contributed by atoms with E-state index in [2.05, 4.69) is 26.2 Å². The van der Waals surface area contributed by atoms with Crippen LogP contribution in [0.2, 0.25) is 0 Å². The van der Waals surface area contributed by atoms with E-state index in [0.29, 0.717) is 4.60 Å². The molecule has 0 unspecified atom stereocenters. The number of Topliss-reactive ketones (excluding diaryl/α,β-unsaturated/α-hetero) is 1. The third-order valence-corrected chi connectivity index (χ3v) is 2.87. The van der Waals surface area contributed by atoms with Crippen molar-refractivity contribution in [1.29, 1.82) is 0 Å². The van der Waals surface area contributed by atoms with E-state index in [9.17, 15) is 13.6 Å². The van der Waals surface area contributed by atoms with Gasteiger partial charge in [-0.3, -0.25) is 4.79 Å². The van der Waals surface area contributed by atoms with Gasteiger partial charge in [0.2, 0.25) is 0 Å². The summed E-state index contributed by atoms with van der Waals surface area (Å²) in [5.41, 5.74) is 0.533. The minimum atomic E-state index is -0.708. The molecule has 1 heterocycles. The summed E-state index contributed by atoms with van der Waals surface area (Å²) >= 11 is 3.10. The molecule has 94 valence electrons. The molecule has 1 aromatic carbocycles. The van der Waals surface area contributed by atoms with E-state index in [1.54, 1.807) is 7.05 Å². The Bertz CT molecular complexity index is 573. The van der Waals surface area contributed by atoms with Crippen LogP contribution in [0.1, 0.15) is 16.1 Å². The highest BCUT2D eigenvalue weighted by Gasteiger charge is 2.17. The van der Waals surface area contributed by atoms with Gasteiger partial charge in [0, 0.05) is 19.5 Å². The van der Waals surface area contributed by atoms with E-state index >= 15 is 0 Å². The molecular weight excluding hydrogens is 308 g/mol. The number of nitrogens with zero attached hydrogens (tertiary/aromatic N) is 3. The lowest BCUT2D eigenvalue weighted by Gasteiger charge is -2.02. The highest BCUT2D eigenvalue weighted by molar-refractivity contribution is 9.10. The van der Waals surface area contributed by atoms with Crippen molar-refractivity contribution in [2.45, 2.75) is 6.42 Å². The van der Waals surface area contributed by atoms with Gasteiger partial charge in [-0.1, -0.05) is 5.21 Å². The summed E-state index contributed by atoms with van der Waals surface area (Å²) in [6.45, 7) is 0. The van der Waals surface area contributed by atoms with Gasteiger partial charge in [0.15, 0.2) is 10.4 Å². The van der Waals surface area contributed by atoms with Gasteiger partial charge in [-0.05, 0) is 33.6 Å².